The molecule has 1 aromatic carbocycles. The van der Waals surface area contributed by atoms with Crippen LogP contribution < -0.4 is 10.1 Å². The molecule has 0 aromatic heterocycles. The van der Waals surface area contributed by atoms with Crippen molar-refractivity contribution in [1.82, 2.24) is 15.1 Å². The molecule has 2 rings (SSSR count). The van der Waals surface area contributed by atoms with E-state index in [9.17, 15) is 9.59 Å². The molecule has 25 heavy (non-hydrogen) atoms. The number of amides is 2. The zero-order chi connectivity index (χ0) is 18.2. The third kappa shape index (κ3) is 5.74. The van der Waals surface area contributed by atoms with E-state index in [4.69, 9.17) is 4.74 Å². The van der Waals surface area contributed by atoms with Gasteiger partial charge < -0.3 is 15.0 Å². The fraction of sp³-hybridized carbons (Fsp3) is 0.579. The Kier molecular flexibility index (Phi) is 7.25. The number of para-hydroxylation sites is 1. The van der Waals surface area contributed by atoms with E-state index in [0.29, 0.717) is 26.1 Å². The number of benzene rings is 1. The summed E-state index contributed by atoms with van der Waals surface area (Å²) in [5, 5.41) is 2.98. The highest BCUT2D eigenvalue weighted by molar-refractivity contribution is 5.80. The van der Waals surface area contributed by atoms with Gasteiger partial charge in [-0.1, -0.05) is 25.1 Å². The predicted octanol–water partition coefficient (Wildman–Crippen LogP) is 1.30. The minimum atomic E-state index is 0.0585. The van der Waals surface area contributed by atoms with Gasteiger partial charge in [-0.15, -0.1) is 0 Å². The van der Waals surface area contributed by atoms with Crippen LogP contribution in [0.3, 0.4) is 0 Å². The highest BCUT2D eigenvalue weighted by atomic mass is 16.5. The topological polar surface area (TPSA) is 61.9 Å². The van der Waals surface area contributed by atoms with Gasteiger partial charge in [0, 0.05) is 37.8 Å². The molecular formula is C19H29N3O3. The standard InChI is InChI=1S/C19H29N3O3/c1-4-15(2)20-18(23)14-21-9-11-22(12-10-21)19(24)13-16-7-5-6-8-17(16)25-3/h5-8,15H,4,9-14H2,1-3H3,(H,20,23). The Labute approximate surface area is 150 Å². The number of hydrogen-bond acceptors (Lipinski definition) is 4. The lowest BCUT2D eigenvalue weighted by molar-refractivity contribution is -0.132. The zero-order valence-corrected chi connectivity index (χ0v) is 15.5. The normalized spacial score (nSPS) is 16.4. The smallest absolute Gasteiger partial charge is 0.234 e. The van der Waals surface area contributed by atoms with Gasteiger partial charge in [-0.05, 0) is 19.4 Å². The van der Waals surface area contributed by atoms with Crippen LogP contribution in [0.5, 0.6) is 5.75 Å². The van der Waals surface area contributed by atoms with Gasteiger partial charge in [0.25, 0.3) is 0 Å². The quantitative estimate of drug-likeness (QED) is 0.808. The summed E-state index contributed by atoms with van der Waals surface area (Å²) in [7, 11) is 1.62. The van der Waals surface area contributed by atoms with Crippen molar-refractivity contribution in [3.8, 4) is 5.75 Å². The van der Waals surface area contributed by atoms with Crippen molar-refractivity contribution < 1.29 is 14.3 Å². The Morgan fingerprint density at radius 3 is 2.52 bits per heavy atom. The maximum atomic E-state index is 12.5. The molecule has 2 amide bonds. The first-order valence-corrected chi connectivity index (χ1v) is 8.94. The molecule has 1 aliphatic rings. The van der Waals surface area contributed by atoms with E-state index in [0.717, 1.165) is 30.8 Å². The summed E-state index contributed by atoms with van der Waals surface area (Å²) < 4.78 is 5.31. The molecule has 138 valence electrons. The zero-order valence-electron chi connectivity index (χ0n) is 15.5. The first-order chi connectivity index (χ1) is 12.0. The molecule has 0 bridgehead atoms. The van der Waals surface area contributed by atoms with Crippen molar-refractivity contribution in [3.63, 3.8) is 0 Å². The van der Waals surface area contributed by atoms with E-state index < -0.39 is 0 Å². The molecule has 6 heteroatoms. The molecule has 1 saturated heterocycles. The molecule has 0 aliphatic carbocycles. The Morgan fingerprint density at radius 1 is 1.20 bits per heavy atom. The Hall–Kier alpha value is -2.08. The Morgan fingerprint density at radius 2 is 1.88 bits per heavy atom. The fourth-order valence-corrected chi connectivity index (χ4v) is 2.90. The van der Waals surface area contributed by atoms with Gasteiger partial charge in [0.15, 0.2) is 0 Å². The highest BCUT2D eigenvalue weighted by Crippen LogP contribution is 2.18. The Bertz CT molecular complexity index is 583. The monoisotopic (exact) mass is 347 g/mol. The van der Waals surface area contributed by atoms with Gasteiger partial charge in [-0.2, -0.15) is 0 Å². The number of ether oxygens (including phenoxy) is 1. The first-order valence-electron chi connectivity index (χ1n) is 8.94. The fourth-order valence-electron chi connectivity index (χ4n) is 2.90. The average Bonchev–Trinajstić information content (AvgIpc) is 2.62. The van der Waals surface area contributed by atoms with Gasteiger partial charge in [-0.3, -0.25) is 14.5 Å². The van der Waals surface area contributed by atoms with Crippen molar-refractivity contribution in [2.75, 3.05) is 39.8 Å². The van der Waals surface area contributed by atoms with Gasteiger partial charge in [0.05, 0.1) is 20.1 Å². The number of carbonyl (C=O) groups is 2. The van der Waals surface area contributed by atoms with Crippen molar-refractivity contribution in [1.29, 1.82) is 0 Å². The molecule has 1 aliphatic heterocycles. The number of methoxy groups -OCH3 is 1. The van der Waals surface area contributed by atoms with Crippen molar-refractivity contribution in [3.05, 3.63) is 29.8 Å². The van der Waals surface area contributed by atoms with Crippen LogP contribution in [0.4, 0.5) is 0 Å². The lowest BCUT2D eigenvalue weighted by Crippen LogP contribution is -2.52. The maximum Gasteiger partial charge on any atom is 0.234 e. The second-order valence-electron chi connectivity index (χ2n) is 6.52. The SMILES string of the molecule is CCC(C)NC(=O)CN1CCN(C(=O)Cc2ccccc2OC)CC1. The molecule has 1 unspecified atom stereocenters. The molecular weight excluding hydrogens is 318 g/mol. The largest absolute Gasteiger partial charge is 0.496 e. The molecule has 0 radical (unpaired) electrons. The molecule has 0 saturated carbocycles. The summed E-state index contributed by atoms with van der Waals surface area (Å²) in [5.74, 6) is 0.910. The van der Waals surface area contributed by atoms with Crippen molar-refractivity contribution >= 4 is 11.8 Å². The van der Waals surface area contributed by atoms with Crippen molar-refractivity contribution in [2.45, 2.75) is 32.7 Å². The summed E-state index contributed by atoms with van der Waals surface area (Å²) in [4.78, 5) is 28.5. The van der Waals surface area contributed by atoms with Gasteiger partial charge in [-0.25, -0.2) is 0 Å². The summed E-state index contributed by atoms with van der Waals surface area (Å²) in [6.45, 7) is 7.23. The summed E-state index contributed by atoms with van der Waals surface area (Å²) in [5.41, 5.74) is 0.908. The minimum Gasteiger partial charge on any atom is -0.496 e. The second kappa shape index (κ2) is 9.42. The van der Waals surface area contributed by atoms with Gasteiger partial charge in [0.2, 0.25) is 11.8 Å². The number of hydrogen-bond donors (Lipinski definition) is 1. The molecule has 0 spiro atoms. The predicted molar refractivity (Wildman–Crippen MR) is 97.6 cm³/mol. The van der Waals surface area contributed by atoms with Crippen LogP contribution in [0.15, 0.2) is 24.3 Å². The lowest BCUT2D eigenvalue weighted by atomic mass is 10.1. The van der Waals surface area contributed by atoms with E-state index in [-0.39, 0.29) is 17.9 Å². The van der Waals surface area contributed by atoms with E-state index in [2.05, 4.69) is 17.1 Å². The summed E-state index contributed by atoms with van der Waals surface area (Å²) >= 11 is 0. The van der Waals surface area contributed by atoms with Crippen LogP contribution in [0, 0.1) is 0 Å². The van der Waals surface area contributed by atoms with Crippen LogP contribution >= 0.6 is 0 Å². The molecule has 1 N–H and O–H groups in total. The van der Waals surface area contributed by atoms with Crippen LogP contribution in [0.2, 0.25) is 0 Å². The molecule has 6 nitrogen and oxygen atoms in total. The van der Waals surface area contributed by atoms with Crippen LogP contribution in [0.1, 0.15) is 25.8 Å². The van der Waals surface area contributed by atoms with Gasteiger partial charge >= 0.3 is 0 Å². The molecule has 1 aromatic rings. The van der Waals surface area contributed by atoms with Crippen LogP contribution in [-0.4, -0.2) is 67.5 Å². The third-order valence-corrected chi connectivity index (χ3v) is 4.65. The molecule has 1 heterocycles. The van der Waals surface area contributed by atoms with Crippen LogP contribution in [-0.2, 0) is 16.0 Å². The number of carbonyl (C=O) groups excluding carboxylic acids is 2. The van der Waals surface area contributed by atoms with Crippen molar-refractivity contribution in [2.24, 2.45) is 0 Å². The summed E-state index contributed by atoms with van der Waals surface area (Å²) in [6, 6.07) is 7.81. The van der Waals surface area contributed by atoms with E-state index in [1.165, 1.54) is 0 Å². The minimum absolute atomic E-state index is 0.0585. The number of nitrogens with one attached hydrogen (secondary N) is 1. The molecule has 1 atom stereocenters. The Balaban J connectivity index is 1.79. The first kappa shape index (κ1) is 19.2. The summed E-state index contributed by atoms with van der Waals surface area (Å²) in [6.07, 6.45) is 1.27. The average molecular weight is 347 g/mol. The van der Waals surface area contributed by atoms with Gasteiger partial charge in [0.1, 0.15) is 5.75 Å². The second-order valence-corrected chi connectivity index (χ2v) is 6.52. The number of nitrogens with zero attached hydrogens (tertiary/aromatic N) is 2. The number of piperazine rings is 1. The van der Waals surface area contributed by atoms with E-state index in [1.54, 1.807) is 7.11 Å². The van der Waals surface area contributed by atoms with E-state index >= 15 is 0 Å². The number of rotatable bonds is 7. The molecule has 1 fully saturated rings. The highest BCUT2D eigenvalue weighted by Gasteiger charge is 2.23. The van der Waals surface area contributed by atoms with E-state index in [1.807, 2.05) is 36.1 Å². The lowest BCUT2D eigenvalue weighted by Gasteiger charge is -2.34. The van der Waals surface area contributed by atoms with Crippen LogP contribution in [0.25, 0.3) is 0 Å². The maximum absolute atomic E-state index is 12.5. The third-order valence-electron chi connectivity index (χ3n) is 4.65.